The van der Waals surface area contributed by atoms with Crippen molar-refractivity contribution in [2.45, 2.75) is 93.9 Å². The molecular formula is C38H50O6. The summed E-state index contributed by atoms with van der Waals surface area (Å²) in [4.78, 5) is 44.9. The second-order valence-corrected chi connectivity index (χ2v) is 14.2. The number of Topliss-reactive ketones (excluding diaryl/α,β-unsaturated/α-hetero) is 3. The van der Waals surface area contributed by atoms with Crippen molar-refractivity contribution in [3.05, 3.63) is 82.7 Å². The molecule has 6 heteroatoms. The maximum absolute atomic E-state index is 15.1. The molecule has 0 heterocycles. The summed E-state index contributed by atoms with van der Waals surface area (Å²) in [6.07, 6.45) is 6.38. The van der Waals surface area contributed by atoms with Gasteiger partial charge in [0, 0.05) is 11.1 Å². The summed E-state index contributed by atoms with van der Waals surface area (Å²) in [6, 6.07) is 3.64. The van der Waals surface area contributed by atoms with E-state index in [1.54, 1.807) is 0 Å². The van der Waals surface area contributed by atoms with Crippen molar-refractivity contribution in [3.63, 3.8) is 0 Å². The third-order valence-electron chi connectivity index (χ3n) is 10.0. The number of phenols is 2. The standard InChI is InChI=1S/C38H50O6/c1-22(2)11-13-26(25(7)8)19-28-21-37(18-17-24(5)6)33(42)29(15-12-23(3)4)34(43)38(35(37)44,36(28,9)10)32(41)27-14-16-30(39)31(40)20-27/h12,14,16-17,20,26,28,39-40,42H,1,7,11,13,15,18-19,21H2,2-6,8-10H3/t26-,28-,37-,38+/m1/s1. The number of aliphatic hydroxyl groups excluding tert-OH is 1. The molecule has 1 aromatic carbocycles. The Hall–Kier alpha value is -3.67. The fraction of sp³-hybridized carbons (Fsp3) is 0.500. The second-order valence-electron chi connectivity index (χ2n) is 14.2. The monoisotopic (exact) mass is 602 g/mol. The Morgan fingerprint density at radius 1 is 0.977 bits per heavy atom. The van der Waals surface area contributed by atoms with Crippen molar-refractivity contribution in [2.75, 3.05) is 0 Å². The number of ketones is 3. The minimum Gasteiger partial charge on any atom is -0.511 e. The highest BCUT2D eigenvalue weighted by atomic mass is 16.3. The van der Waals surface area contributed by atoms with E-state index in [4.69, 9.17) is 0 Å². The van der Waals surface area contributed by atoms with Gasteiger partial charge in [-0.3, -0.25) is 14.4 Å². The molecule has 2 aliphatic carbocycles. The summed E-state index contributed by atoms with van der Waals surface area (Å²) in [7, 11) is 0. The lowest BCUT2D eigenvalue weighted by Gasteiger charge is -2.60. The highest BCUT2D eigenvalue weighted by molar-refractivity contribution is 6.36. The van der Waals surface area contributed by atoms with Crippen molar-refractivity contribution < 1.29 is 29.7 Å². The fourth-order valence-corrected chi connectivity index (χ4v) is 7.18. The zero-order valence-corrected chi connectivity index (χ0v) is 27.8. The van der Waals surface area contributed by atoms with Gasteiger partial charge < -0.3 is 15.3 Å². The lowest BCUT2D eigenvalue weighted by atomic mass is 9.39. The van der Waals surface area contributed by atoms with Crippen LogP contribution in [-0.2, 0) is 9.59 Å². The smallest absolute Gasteiger partial charge is 0.184 e. The molecule has 0 radical (unpaired) electrons. The van der Waals surface area contributed by atoms with Crippen molar-refractivity contribution in [2.24, 2.45) is 28.1 Å². The van der Waals surface area contributed by atoms with E-state index in [1.165, 1.54) is 12.1 Å². The summed E-state index contributed by atoms with van der Waals surface area (Å²) in [6.45, 7) is 23.5. The Balaban J connectivity index is 2.43. The van der Waals surface area contributed by atoms with Gasteiger partial charge in [-0.1, -0.05) is 54.9 Å². The molecule has 0 amide bonds. The quantitative estimate of drug-likeness (QED) is 0.0953. The Bertz CT molecular complexity index is 1480. The van der Waals surface area contributed by atoms with Crippen molar-refractivity contribution >= 4 is 17.3 Å². The topological polar surface area (TPSA) is 112 Å². The van der Waals surface area contributed by atoms with Gasteiger partial charge in [-0.15, -0.1) is 6.58 Å². The summed E-state index contributed by atoms with van der Waals surface area (Å²) in [5.74, 6) is -3.48. The first-order chi connectivity index (χ1) is 20.3. The van der Waals surface area contributed by atoms with Gasteiger partial charge in [-0.25, -0.2) is 0 Å². The van der Waals surface area contributed by atoms with Crippen molar-refractivity contribution in [1.82, 2.24) is 0 Å². The number of carbonyl (C=O) groups is 3. The zero-order valence-electron chi connectivity index (χ0n) is 27.8. The number of aliphatic hydroxyl groups is 1. The lowest BCUT2D eigenvalue weighted by Crippen LogP contribution is -2.69. The van der Waals surface area contributed by atoms with Crippen molar-refractivity contribution in [1.29, 1.82) is 0 Å². The van der Waals surface area contributed by atoms with Crippen LogP contribution in [0.1, 0.15) is 104 Å². The average Bonchev–Trinajstić information content (AvgIpc) is 2.92. The van der Waals surface area contributed by atoms with Gasteiger partial charge in [0.1, 0.15) is 5.76 Å². The third kappa shape index (κ3) is 5.88. The largest absolute Gasteiger partial charge is 0.511 e. The Morgan fingerprint density at radius 2 is 1.59 bits per heavy atom. The minimum absolute atomic E-state index is 0.0432. The summed E-state index contributed by atoms with van der Waals surface area (Å²) in [5.41, 5.74) is -0.895. The summed E-state index contributed by atoms with van der Waals surface area (Å²) < 4.78 is 0. The Kier molecular flexibility index (Phi) is 10.1. The molecule has 6 nitrogen and oxygen atoms in total. The lowest BCUT2D eigenvalue weighted by molar-refractivity contribution is -0.165. The average molecular weight is 603 g/mol. The van der Waals surface area contributed by atoms with Gasteiger partial charge in [0.25, 0.3) is 0 Å². The molecule has 0 aromatic heterocycles. The van der Waals surface area contributed by atoms with E-state index in [0.29, 0.717) is 6.42 Å². The molecule has 2 aliphatic rings. The van der Waals surface area contributed by atoms with E-state index < -0.39 is 45.1 Å². The van der Waals surface area contributed by atoms with Gasteiger partial charge in [0.05, 0.1) is 5.41 Å². The van der Waals surface area contributed by atoms with Gasteiger partial charge >= 0.3 is 0 Å². The first-order valence-electron chi connectivity index (χ1n) is 15.5. The number of aromatic hydroxyl groups is 2. The molecule has 238 valence electrons. The number of hydrogen-bond acceptors (Lipinski definition) is 6. The normalized spacial score (nSPS) is 24.9. The number of hydrogen-bond donors (Lipinski definition) is 3. The van der Waals surface area contributed by atoms with E-state index in [9.17, 15) is 24.9 Å². The second kappa shape index (κ2) is 12.7. The van der Waals surface area contributed by atoms with E-state index in [0.717, 1.165) is 41.2 Å². The Labute approximate surface area is 263 Å². The molecule has 2 bridgehead atoms. The predicted octanol–water partition coefficient (Wildman–Crippen LogP) is 8.91. The minimum atomic E-state index is -2.17. The highest BCUT2D eigenvalue weighted by Crippen LogP contribution is 2.66. The molecule has 1 saturated carbocycles. The van der Waals surface area contributed by atoms with Crippen LogP contribution in [0.2, 0.25) is 0 Å². The van der Waals surface area contributed by atoms with Gasteiger partial charge in [-0.2, -0.15) is 0 Å². The van der Waals surface area contributed by atoms with E-state index in [2.05, 4.69) is 13.2 Å². The third-order valence-corrected chi connectivity index (χ3v) is 10.0. The van der Waals surface area contributed by atoms with Crippen LogP contribution >= 0.6 is 0 Å². The van der Waals surface area contributed by atoms with E-state index >= 15 is 4.79 Å². The molecule has 1 fully saturated rings. The van der Waals surface area contributed by atoms with Crippen LogP contribution in [0.25, 0.3) is 0 Å². The van der Waals surface area contributed by atoms with Crippen LogP contribution < -0.4 is 0 Å². The first kappa shape index (κ1) is 34.8. The highest BCUT2D eigenvalue weighted by Gasteiger charge is 2.75. The number of allylic oxidation sites excluding steroid dienone is 8. The predicted molar refractivity (Wildman–Crippen MR) is 176 cm³/mol. The molecule has 0 spiro atoms. The van der Waals surface area contributed by atoms with Crippen LogP contribution in [0.4, 0.5) is 0 Å². The molecule has 1 aromatic rings. The van der Waals surface area contributed by atoms with Gasteiger partial charge in [-0.05, 0) is 116 Å². The fourth-order valence-electron chi connectivity index (χ4n) is 7.18. The van der Waals surface area contributed by atoms with E-state index in [-0.39, 0.29) is 48.0 Å². The Morgan fingerprint density at radius 3 is 2.11 bits per heavy atom. The van der Waals surface area contributed by atoms with Gasteiger partial charge in [0.2, 0.25) is 0 Å². The van der Waals surface area contributed by atoms with Crippen LogP contribution in [0, 0.1) is 28.1 Å². The molecular weight excluding hydrogens is 552 g/mol. The number of rotatable bonds is 12. The number of phenolic OH excluding ortho intramolecular Hbond substituents is 2. The van der Waals surface area contributed by atoms with Crippen LogP contribution in [0.15, 0.2) is 77.1 Å². The molecule has 0 saturated heterocycles. The van der Waals surface area contributed by atoms with Crippen molar-refractivity contribution in [3.8, 4) is 11.5 Å². The molecule has 3 N–H and O–H groups in total. The molecule has 0 unspecified atom stereocenters. The maximum atomic E-state index is 15.1. The molecule has 4 atom stereocenters. The maximum Gasteiger partial charge on any atom is 0.184 e. The molecule has 0 aliphatic heterocycles. The SMILES string of the molecule is C=C(C)CC[C@H](C[C@@H]1C[C@@]2(CC=C(C)C)C(=O)[C@](C(=O)c3ccc(O)c(O)c3)(C(=O)C(CC=C(C)C)=C2O)C1(C)C)C(=C)C. The van der Waals surface area contributed by atoms with Crippen LogP contribution in [-0.4, -0.2) is 32.7 Å². The van der Waals surface area contributed by atoms with E-state index in [1.807, 2.05) is 67.5 Å². The zero-order chi connectivity index (χ0) is 33.4. The number of benzene rings is 1. The number of fused-ring (bicyclic) bond motifs is 2. The molecule has 44 heavy (non-hydrogen) atoms. The summed E-state index contributed by atoms with van der Waals surface area (Å²) >= 11 is 0. The first-order valence-corrected chi connectivity index (χ1v) is 15.5. The summed E-state index contributed by atoms with van der Waals surface area (Å²) in [5, 5.41) is 32.4. The van der Waals surface area contributed by atoms with Gasteiger partial charge in [0.15, 0.2) is 34.3 Å². The van der Waals surface area contributed by atoms with Crippen LogP contribution in [0.3, 0.4) is 0 Å². The van der Waals surface area contributed by atoms with Crippen LogP contribution in [0.5, 0.6) is 11.5 Å². The molecule has 3 rings (SSSR count). The number of carbonyl (C=O) groups excluding carboxylic acids is 3.